The molecule has 0 amide bonds. The highest BCUT2D eigenvalue weighted by Gasteiger charge is 2.27. The molecule has 0 saturated carbocycles. The van der Waals surface area contributed by atoms with Crippen molar-refractivity contribution in [1.82, 2.24) is 10.2 Å². The zero-order chi connectivity index (χ0) is 12.1. The minimum atomic E-state index is 0.284. The number of nitrogens with zero attached hydrogens (tertiary/aromatic N) is 1. The normalized spacial score (nSPS) is 36.0. The van der Waals surface area contributed by atoms with Crippen LogP contribution in [-0.4, -0.2) is 63.0 Å². The van der Waals surface area contributed by atoms with Crippen molar-refractivity contribution in [2.75, 3.05) is 46.0 Å². The van der Waals surface area contributed by atoms with Crippen molar-refractivity contribution in [3.63, 3.8) is 0 Å². The molecule has 1 N–H and O–H groups in total. The fraction of sp³-hybridized carbons (Fsp3) is 1.00. The van der Waals surface area contributed by atoms with E-state index in [2.05, 4.69) is 24.1 Å². The highest BCUT2D eigenvalue weighted by atomic mass is 16.6. The molecule has 0 aromatic rings. The molecule has 0 bridgehead atoms. The molecule has 3 atom stereocenters. The molecular weight excluding hydrogens is 216 g/mol. The van der Waals surface area contributed by atoms with E-state index < -0.39 is 0 Å². The molecule has 2 aliphatic rings. The number of piperidine rings is 1. The van der Waals surface area contributed by atoms with Crippen LogP contribution in [0, 0.1) is 5.92 Å². The summed E-state index contributed by atoms with van der Waals surface area (Å²) < 4.78 is 11.2. The van der Waals surface area contributed by atoms with Gasteiger partial charge < -0.3 is 19.7 Å². The molecule has 17 heavy (non-hydrogen) atoms. The summed E-state index contributed by atoms with van der Waals surface area (Å²) >= 11 is 0. The van der Waals surface area contributed by atoms with E-state index in [9.17, 15) is 0 Å². The lowest BCUT2D eigenvalue weighted by Crippen LogP contribution is -2.51. The van der Waals surface area contributed by atoms with E-state index in [0.717, 1.165) is 38.8 Å². The van der Waals surface area contributed by atoms with Gasteiger partial charge in [-0.05, 0) is 25.4 Å². The van der Waals surface area contributed by atoms with Crippen molar-refractivity contribution in [3.8, 4) is 0 Å². The molecule has 0 aliphatic carbocycles. The molecule has 2 saturated heterocycles. The van der Waals surface area contributed by atoms with Gasteiger partial charge in [-0.25, -0.2) is 0 Å². The molecule has 2 fully saturated rings. The summed E-state index contributed by atoms with van der Waals surface area (Å²) in [5, 5.41) is 3.58. The maximum atomic E-state index is 5.71. The Labute approximate surface area is 105 Å². The van der Waals surface area contributed by atoms with Gasteiger partial charge in [0.05, 0.1) is 25.9 Å². The zero-order valence-corrected chi connectivity index (χ0v) is 11.2. The Morgan fingerprint density at radius 1 is 1.35 bits per heavy atom. The van der Waals surface area contributed by atoms with E-state index in [1.54, 1.807) is 0 Å². The lowest BCUT2D eigenvalue weighted by Gasteiger charge is -2.39. The largest absolute Gasteiger partial charge is 0.376 e. The Bertz CT molecular complexity index is 219. The van der Waals surface area contributed by atoms with Crippen LogP contribution in [0.15, 0.2) is 0 Å². The number of rotatable bonds is 4. The van der Waals surface area contributed by atoms with Crippen LogP contribution in [0.2, 0.25) is 0 Å². The van der Waals surface area contributed by atoms with Crippen LogP contribution in [0.1, 0.15) is 20.3 Å². The van der Waals surface area contributed by atoms with Gasteiger partial charge >= 0.3 is 0 Å². The molecule has 0 radical (unpaired) electrons. The van der Waals surface area contributed by atoms with E-state index in [4.69, 9.17) is 9.47 Å². The maximum absolute atomic E-state index is 5.71. The second-order valence-electron chi connectivity index (χ2n) is 5.26. The standard InChI is InChI=1S/C13H26N2O2/c1-3-14-13-4-5-15(8-11(13)2)9-12-10-16-6-7-17-12/h11-14H,3-10H2,1-2H3. The lowest BCUT2D eigenvalue weighted by molar-refractivity contribution is -0.100. The van der Waals surface area contributed by atoms with Crippen molar-refractivity contribution in [2.24, 2.45) is 5.92 Å². The third kappa shape index (κ3) is 3.91. The molecule has 3 unspecified atom stereocenters. The Morgan fingerprint density at radius 3 is 2.88 bits per heavy atom. The van der Waals surface area contributed by atoms with Crippen molar-refractivity contribution >= 4 is 0 Å². The summed E-state index contributed by atoms with van der Waals surface area (Å²) in [4.78, 5) is 2.53. The first-order valence-electron chi connectivity index (χ1n) is 6.94. The van der Waals surface area contributed by atoms with Gasteiger partial charge in [0.25, 0.3) is 0 Å². The lowest BCUT2D eigenvalue weighted by atomic mass is 9.93. The summed E-state index contributed by atoms with van der Waals surface area (Å²) in [6.07, 6.45) is 1.54. The van der Waals surface area contributed by atoms with Crippen molar-refractivity contribution in [2.45, 2.75) is 32.4 Å². The Hall–Kier alpha value is -0.160. The van der Waals surface area contributed by atoms with E-state index in [1.165, 1.54) is 19.5 Å². The summed E-state index contributed by atoms with van der Waals surface area (Å²) in [5.41, 5.74) is 0. The maximum Gasteiger partial charge on any atom is 0.0936 e. The van der Waals surface area contributed by atoms with E-state index in [1.807, 2.05) is 0 Å². The van der Waals surface area contributed by atoms with Gasteiger partial charge in [0.2, 0.25) is 0 Å². The van der Waals surface area contributed by atoms with E-state index >= 15 is 0 Å². The molecule has 4 heteroatoms. The summed E-state index contributed by atoms with van der Waals surface area (Å²) in [6, 6.07) is 0.694. The summed E-state index contributed by atoms with van der Waals surface area (Å²) in [5.74, 6) is 0.730. The van der Waals surface area contributed by atoms with Crippen LogP contribution < -0.4 is 5.32 Å². The number of hydrogen-bond acceptors (Lipinski definition) is 4. The molecule has 2 aliphatic heterocycles. The van der Waals surface area contributed by atoms with Gasteiger partial charge in [-0.1, -0.05) is 13.8 Å². The average Bonchev–Trinajstić information content (AvgIpc) is 2.34. The van der Waals surface area contributed by atoms with Crippen molar-refractivity contribution < 1.29 is 9.47 Å². The smallest absolute Gasteiger partial charge is 0.0936 e. The van der Waals surface area contributed by atoms with Crippen LogP contribution in [0.5, 0.6) is 0 Å². The molecule has 4 nitrogen and oxygen atoms in total. The molecule has 2 rings (SSSR count). The molecule has 0 spiro atoms. The van der Waals surface area contributed by atoms with Crippen molar-refractivity contribution in [1.29, 1.82) is 0 Å². The zero-order valence-electron chi connectivity index (χ0n) is 11.2. The van der Waals surface area contributed by atoms with E-state index in [-0.39, 0.29) is 6.10 Å². The Balaban J connectivity index is 1.72. The first kappa shape index (κ1) is 13.3. The van der Waals surface area contributed by atoms with Crippen LogP contribution in [0.25, 0.3) is 0 Å². The summed E-state index contributed by atoms with van der Waals surface area (Å²) in [7, 11) is 0. The van der Waals surface area contributed by atoms with Gasteiger partial charge in [0.15, 0.2) is 0 Å². The van der Waals surface area contributed by atoms with Crippen molar-refractivity contribution in [3.05, 3.63) is 0 Å². The fourth-order valence-electron chi connectivity index (χ4n) is 2.89. The van der Waals surface area contributed by atoms with Gasteiger partial charge in [0, 0.05) is 19.1 Å². The van der Waals surface area contributed by atoms with Gasteiger partial charge in [-0.15, -0.1) is 0 Å². The van der Waals surface area contributed by atoms with Gasteiger partial charge in [-0.3, -0.25) is 0 Å². The monoisotopic (exact) mass is 242 g/mol. The topological polar surface area (TPSA) is 33.7 Å². The number of hydrogen-bond donors (Lipinski definition) is 1. The summed E-state index contributed by atoms with van der Waals surface area (Å²) in [6.45, 7) is 11.3. The predicted molar refractivity (Wildman–Crippen MR) is 68.2 cm³/mol. The average molecular weight is 242 g/mol. The third-order valence-corrected chi connectivity index (χ3v) is 3.80. The molecule has 0 aromatic heterocycles. The number of nitrogens with one attached hydrogen (secondary N) is 1. The van der Waals surface area contributed by atoms with Gasteiger partial charge in [-0.2, -0.15) is 0 Å². The first-order chi connectivity index (χ1) is 8.29. The second kappa shape index (κ2) is 6.69. The van der Waals surface area contributed by atoms with Crippen LogP contribution >= 0.6 is 0 Å². The second-order valence-corrected chi connectivity index (χ2v) is 5.26. The molecule has 2 heterocycles. The minimum Gasteiger partial charge on any atom is -0.376 e. The quantitative estimate of drug-likeness (QED) is 0.788. The molecule has 100 valence electrons. The number of ether oxygens (including phenoxy) is 2. The SMILES string of the molecule is CCNC1CCN(CC2COCCO2)CC1C. The Morgan fingerprint density at radius 2 is 2.24 bits per heavy atom. The number of likely N-dealkylation sites (tertiary alicyclic amines) is 1. The highest BCUT2D eigenvalue weighted by Crippen LogP contribution is 2.17. The molecular formula is C13H26N2O2. The van der Waals surface area contributed by atoms with Crippen LogP contribution in [-0.2, 0) is 9.47 Å². The highest BCUT2D eigenvalue weighted by molar-refractivity contribution is 4.83. The van der Waals surface area contributed by atoms with Crippen LogP contribution in [0.4, 0.5) is 0 Å². The van der Waals surface area contributed by atoms with E-state index in [0.29, 0.717) is 6.04 Å². The Kier molecular flexibility index (Phi) is 5.22. The third-order valence-electron chi connectivity index (χ3n) is 3.80. The van der Waals surface area contributed by atoms with Crippen LogP contribution in [0.3, 0.4) is 0 Å². The van der Waals surface area contributed by atoms with Gasteiger partial charge in [0.1, 0.15) is 0 Å². The first-order valence-corrected chi connectivity index (χ1v) is 6.94. The fourth-order valence-corrected chi connectivity index (χ4v) is 2.89. The molecule has 0 aromatic carbocycles. The predicted octanol–water partition coefficient (Wildman–Crippen LogP) is 0.722. The minimum absolute atomic E-state index is 0.284.